The van der Waals surface area contributed by atoms with E-state index in [0.717, 1.165) is 12.1 Å². The number of carbonyl (C=O) groups is 1. The predicted octanol–water partition coefficient (Wildman–Crippen LogP) is 3.16. The summed E-state index contributed by atoms with van der Waals surface area (Å²) in [6, 6.07) is 4.87. The zero-order chi connectivity index (χ0) is 16.3. The van der Waals surface area contributed by atoms with Crippen LogP contribution in [0.1, 0.15) is 31.9 Å². The van der Waals surface area contributed by atoms with Crippen LogP contribution >= 0.6 is 12.4 Å². The zero-order valence-corrected chi connectivity index (χ0v) is 13.6. The summed E-state index contributed by atoms with van der Waals surface area (Å²) < 4.78 is 37.4. The number of nitrogens with two attached hydrogens (primary N) is 1. The van der Waals surface area contributed by atoms with Crippen LogP contribution < -0.4 is 11.1 Å². The maximum atomic E-state index is 12.5. The summed E-state index contributed by atoms with van der Waals surface area (Å²) >= 11 is 0. The Morgan fingerprint density at radius 3 is 2.14 bits per heavy atom. The lowest BCUT2D eigenvalue weighted by molar-refractivity contribution is -0.137. The lowest BCUT2D eigenvalue weighted by atomic mass is 9.97. The van der Waals surface area contributed by atoms with Crippen LogP contribution in [0.4, 0.5) is 13.2 Å². The molecule has 0 aliphatic heterocycles. The van der Waals surface area contributed by atoms with Gasteiger partial charge in [0, 0.05) is 18.0 Å². The van der Waals surface area contributed by atoms with Crippen molar-refractivity contribution in [3.8, 4) is 0 Å². The number of amides is 1. The first-order valence-electron chi connectivity index (χ1n) is 6.73. The van der Waals surface area contributed by atoms with Crippen molar-refractivity contribution in [3.05, 3.63) is 35.4 Å². The van der Waals surface area contributed by atoms with Crippen molar-refractivity contribution in [2.24, 2.45) is 11.7 Å². The first kappa shape index (κ1) is 20.7. The van der Waals surface area contributed by atoms with Gasteiger partial charge < -0.3 is 11.1 Å². The van der Waals surface area contributed by atoms with Crippen molar-refractivity contribution < 1.29 is 18.0 Å². The molecule has 1 rings (SSSR count). The number of benzene rings is 1. The van der Waals surface area contributed by atoms with E-state index in [1.54, 1.807) is 6.92 Å². The van der Waals surface area contributed by atoms with Crippen molar-refractivity contribution in [1.29, 1.82) is 0 Å². The van der Waals surface area contributed by atoms with E-state index >= 15 is 0 Å². The fourth-order valence-corrected chi connectivity index (χ4v) is 1.78. The summed E-state index contributed by atoms with van der Waals surface area (Å²) in [5.41, 5.74) is 5.05. The molecule has 0 saturated carbocycles. The van der Waals surface area contributed by atoms with Crippen LogP contribution in [-0.4, -0.2) is 18.0 Å². The van der Waals surface area contributed by atoms with Crippen molar-refractivity contribution in [1.82, 2.24) is 5.32 Å². The molecule has 7 heteroatoms. The molecule has 1 atom stereocenters. The summed E-state index contributed by atoms with van der Waals surface area (Å²) in [6.45, 7) is 5.68. The standard InChI is InChI=1S/C15H21F3N2O.ClH/c1-10(13(21)20-14(2,3)9-19)8-11-4-6-12(7-5-11)15(16,17)18;/h4-7,10H,8-9,19H2,1-3H3,(H,20,21);1H. The largest absolute Gasteiger partial charge is 0.416 e. The molecule has 1 amide bonds. The number of rotatable bonds is 5. The Kier molecular flexibility index (Phi) is 7.38. The summed E-state index contributed by atoms with van der Waals surface area (Å²) in [7, 11) is 0. The smallest absolute Gasteiger partial charge is 0.350 e. The second kappa shape index (κ2) is 7.83. The quantitative estimate of drug-likeness (QED) is 0.866. The molecule has 0 fully saturated rings. The van der Waals surface area contributed by atoms with Crippen LogP contribution in [0.5, 0.6) is 0 Å². The van der Waals surface area contributed by atoms with Gasteiger partial charge in [0.25, 0.3) is 0 Å². The molecule has 22 heavy (non-hydrogen) atoms. The second-order valence-corrected chi connectivity index (χ2v) is 5.88. The Balaban J connectivity index is 0.00000441. The maximum Gasteiger partial charge on any atom is 0.416 e. The van der Waals surface area contributed by atoms with Crippen LogP contribution in [-0.2, 0) is 17.4 Å². The Morgan fingerprint density at radius 2 is 1.73 bits per heavy atom. The Labute approximate surface area is 134 Å². The monoisotopic (exact) mass is 338 g/mol. The van der Waals surface area contributed by atoms with Crippen molar-refractivity contribution in [3.63, 3.8) is 0 Å². The Morgan fingerprint density at radius 1 is 1.23 bits per heavy atom. The van der Waals surface area contributed by atoms with Gasteiger partial charge in [-0.05, 0) is 38.0 Å². The van der Waals surface area contributed by atoms with Crippen LogP contribution in [0.2, 0.25) is 0 Å². The van der Waals surface area contributed by atoms with Crippen molar-refractivity contribution in [2.45, 2.75) is 38.9 Å². The number of halogens is 4. The van der Waals surface area contributed by atoms with E-state index in [-0.39, 0.29) is 24.2 Å². The molecule has 1 aromatic carbocycles. The van der Waals surface area contributed by atoms with Crippen LogP contribution in [0.15, 0.2) is 24.3 Å². The highest BCUT2D eigenvalue weighted by Gasteiger charge is 2.30. The normalized spacial score (nSPS) is 13.2. The Hall–Kier alpha value is -1.27. The van der Waals surface area contributed by atoms with Gasteiger partial charge in [0.1, 0.15) is 0 Å². The van der Waals surface area contributed by atoms with Crippen LogP contribution in [0.3, 0.4) is 0 Å². The number of hydrogen-bond donors (Lipinski definition) is 2. The minimum Gasteiger partial charge on any atom is -0.350 e. The topological polar surface area (TPSA) is 55.1 Å². The van der Waals surface area contributed by atoms with Crippen LogP contribution in [0.25, 0.3) is 0 Å². The maximum absolute atomic E-state index is 12.5. The molecule has 3 N–H and O–H groups in total. The van der Waals surface area contributed by atoms with E-state index in [2.05, 4.69) is 5.32 Å². The molecule has 0 spiro atoms. The van der Waals surface area contributed by atoms with Gasteiger partial charge in [0.2, 0.25) is 5.91 Å². The molecule has 1 aromatic rings. The highest BCUT2D eigenvalue weighted by Crippen LogP contribution is 2.29. The second-order valence-electron chi connectivity index (χ2n) is 5.88. The number of nitrogens with one attached hydrogen (secondary N) is 1. The molecule has 0 aliphatic rings. The first-order chi connectivity index (χ1) is 9.55. The highest BCUT2D eigenvalue weighted by atomic mass is 35.5. The molecule has 0 aliphatic carbocycles. The number of hydrogen-bond acceptors (Lipinski definition) is 2. The molecule has 0 heterocycles. The van der Waals surface area contributed by atoms with Gasteiger partial charge >= 0.3 is 6.18 Å². The van der Waals surface area contributed by atoms with Crippen molar-refractivity contribution in [2.75, 3.05) is 6.54 Å². The van der Waals surface area contributed by atoms with Gasteiger partial charge in [-0.3, -0.25) is 4.79 Å². The SMILES string of the molecule is CC(Cc1ccc(C(F)(F)F)cc1)C(=O)NC(C)(C)CN.Cl. The third-order valence-corrected chi connectivity index (χ3v) is 3.24. The molecular formula is C15H22ClF3N2O. The molecule has 0 aromatic heterocycles. The minimum absolute atomic E-state index is 0. The first-order valence-corrected chi connectivity index (χ1v) is 6.73. The highest BCUT2D eigenvalue weighted by molar-refractivity contribution is 5.85. The molecule has 126 valence electrons. The van der Waals surface area contributed by atoms with Crippen LogP contribution in [0, 0.1) is 5.92 Å². The lowest BCUT2D eigenvalue weighted by Gasteiger charge is -2.26. The van der Waals surface area contributed by atoms with Gasteiger partial charge in [0.15, 0.2) is 0 Å². The molecule has 0 bridgehead atoms. The lowest BCUT2D eigenvalue weighted by Crippen LogP contribution is -2.50. The van der Waals surface area contributed by atoms with E-state index < -0.39 is 17.3 Å². The third-order valence-electron chi connectivity index (χ3n) is 3.24. The van der Waals surface area contributed by atoms with Gasteiger partial charge in [-0.1, -0.05) is 19.1 Å². The van der Waals surface area contributed by atoms with E-state index in [0.29, 0.717) is 18.5 Å². The van der Waals surface area contributed by atoms with Gasteiger partial charge in [0.05, 0.1) is 5.56 Å². The Bertz CT molecular complexity index is 487. The van der Waals surface area contributed by atoms with Gasteiger partial charge in [-0.25, -0.2) is 0 Å². The molecule has 0 saturated heterocycles. The van der Waals surface area contributed by atoms with E-state index in [4.69, 9.17) is 5.73 Å². The average molecular weight is 339 g/mol. The van der Waals surface area contributed by atoms with E-state index in [9.17, 15) is 18.0 Å². The molecule has 3 nitrogen and oxygen atoms in total. The summed E-state index contributed by atoms with van der Waals surface area (Å²) in [5.74, 6) is -0.502. The fourth-order valence-electron chi connectivity index (χ4n) is 1.78. The third kappa shape index (κ3) is 6.23. The molecule has 0 radical (unpaired) electrons. The van der Waals surface area contributed by atoms with Gasteiger partial charge in [-0.2, -0.15) is 13.2 Å². The molecule has 1 unspecified atom stereocenters. The van der Waals surface area contributed by atoms with Crippen molar-refractivity contribution >= 4 is 18.3 Å². The predicted molar refractivity (Wildman–Crippen MR) is 82.8 cm³/mol. The fraction of sp³-hybridized carbons (Fsp3) is 0.533. The number of alkyl halides is 3. The summed E-state index contributed by atoms with van der Waals surface area (Å²) in [5, 5.41) is 2.82. The average Bonchev–Trinajstić information content (AvgIpc) is 2.37. The van der Waals surface area contributed by atoms with E-state index in [1.165, 1.54) is 12.1 Å². The number of carbonyl (C=O) groups excluding carboxylic acids is 1. The zero-order valence-electron chi connectivity index (χ0n) is 12.8. The van der Waals surface area contributed by atoms with E-state index in [1.807, 2.05) is 13.8 Å². The minimum atomic E-state index is -4.34. The summed E-state index contributed by atoms with van der Waals surface area (Å²) in [4.78, 5) is 12.0. The summed E-state index contributed by atoms with van der Waals surface area (Å²) in [6.07, 6.45) is -3.96. The van der Waals surface area contributed by atoms with Gasteiger partial charge in [-0.15, -0.1) is 12.4 Å². The molecular weight excluding hydrogens is 317 g/mol.